The summed E-state index contributed by atoms with van der Waals surface area (Å²) < 4.78 is 0. The van der Waals surface area contributed by atoms with Crippen LogP contribution >= 0.6 is 0 Å². The number of aliphatic hydroxyl groups is 1. The van der Waals surface area contributed by atoms with E-state index in [1.807, 2.05) is 6.92 Å². The van der Waals surface area contributed by atoms with Crippen LogP contribution in [0.4, 0.5) is 0 Å². The van der Waals surface area contributed by atoms with Crippen LogP contribution in [0.5, 0.6) is 0 Å². The van der Waals surface area contributed by atoms with Crippen molar-refractivity contribution >= 4 is 0 Å². The number of nitrogens with one attached hydrogen (secondary N) is 1. The van der Waals surface area contributed by atoms with Gasteiger partial charge in [0, 0.05) is 12.1 Å². The van der Waals surface area contributed by atoms with E-state index in [1.165, 1.54) is 16.7 Å². The Balaban J connectivity index is 2.18. The van der Waals surface area contributed by atoms with E-state index < -0.39 is 0 Å². The lowest BCUT2D eigenvalue weighted by Gasteiger charge is -2.18. The molecule has 0 spiro atoms. The van der Waals surface area contributed by atoms with Crippen LogP contribution in [0, 0.1) is 6.92 Å². The van der Waals surface area contributed by atoms with E-state index in [-0.39, 0.29) is 12.6 Å². The van der Waals surface area contributed by atoms with Gasteiger partial charge in [-0.25, -0.2) is 0 Å². The molecule has 0 amide bonds. The van der Waals surface area contributed by atoms with E-state index in [1.54, 1.807) is 0 Å². The average Bonchev–Trinajstić information content (AvgIpc) is 2.63. The van der Waals surface area contributed by atoms with Gasteiger partial charge in [0.25, 0.3) is 0 Å². The Kier molecular flexibility index (Phi) is 3.08. The van der Waals surface area contributed by atoms with Crippen molar-refractivity contribution in [2.75, 3.05) is 6.61 Å². The van der Waals surface area contributed by atoms with Crippen LogP contribution in [0.3, 0.4) is 0 Å². The Morgan fingerprint density at radius 1 is 1.53 bits per heavy atom. The van der Waals surface area contributed by atoms with Crippen molar-refractivity contribution in [2.45, 2.75) is 38.8 Å². The van der Waals surface area contributed by atoms with Crippen LogP contribution in [0.1, 0.15) is 36.1 Å². The van der Waals surface area contributed by atoms with Crippen LogP contribution in [-0.2, 0) is 6.42 Å². The summed E-state index contributed by atoms with van der Waals surface area (Å²) in [6, 6.07) is 7.12. The van der Waals surface area contributed by atoms with Gasteiger partial charge >= 0.3 is 0 Å². The lowest BCUT2D eigenvalue weighted by molar-refractivity contribution is 0.240. The van der Waals surface area contributed by atoms with Crippen molar-refractivity contribution in [3.8, 4) is 0 Å². The molecule has 1 aliphatic carbocycles. The molecular weight excluding hydrogens is 186 g/mol. The first-order chi connectivity index (χ1) is 7.22. The fourth-order valence-corrected chi connectivity index (χ4v) is 2.41. The van der Waals surface area contributed by atoms with Gasteiger partial charge in [0.2, 0.25) is 0 Å². The molecule has 2 rings (SSSR count). The lowest BCUT2D eigenvalue weighted by atomic mass is 10.0. The minimum Gasteiger partial charge on any atom is -0.395 e. The average molecular weight is 205 g/mol. The third kappa shape index (κ3) is 2.06. The van der Waals surface area contributed by atoms with Crippen LogP contribution in [0.15, 0.2) is 18.2 Å². The fraction of sp³-hybridized carbons (Fsp3) is 0.538. The third-order valence-electron chi connectivity index (χ3n) is 3.26. The van der Waals surface area contributed by atoms with Crippen LogP contribution in [0.2, 0.25) is 0 Å². The predicted octanol–water partition coefficient (Wildman–Crippen LogP) is 1.95. The second-order valence-corrected chi connectivity index (χ2v) is 4.48. The molecule has 0 saturated carbocycles. The molecule has 15 heavy (non-hydrogen) atoms. The topological polar surface area (TPSA) is 32.3 Å². The molecule has 2 nitrogen and oxygen atoms in total. The predicted molar refractivity (Wildman–Crippen MR) is 61.9 cm³/mol. The molecule has 0 aromatic heterocycles. The zero-order valence-electron chi connectivity index (χ0n) is 9.46. The second-order valence-electron chi connectivity index (χ2n) is 4.48. The molecule has 2 atom stereocenters. The molecule has 1 unspecified atom stereocenters. The van der Waals surface area contributed by atoms with Gasteiger partial charge in [-0.3, -0.25) is 0 Å². The smallest absolute Gasteiger partial charge is 0.0582 e. The molecule has 0 fully saturated rings. The summed E-state index contributed by atoms with van der Waals surface area (Å²) in [5.41, 5.74) is 4.32. The molecule has 0 saturated heterocycles. The minimum absolute atomic E-state index is 0.182. The first kappa shape index (κ1) is 10.7. The highest BCUT2D eigenvalue weighted by Crippen LogP contribution is 2.33. The molecule has 1 aromatic rings. The summed E-state index contributed by atoms with van der Waals surface area (Å²) in [4.78, 5) is 0. The molecule has 0 radical (unpaired) electrons. The van der Waals surface area contributed by atoms with Gasteiger partial charge in [0.1, 0.15) is 0 Å². The summed E-state index contributed by atoms with van der Waals surface area (Å²) in [6.07, 6.45) is 2.32. The van der Waals surface area contributed by atoms with E-state index in [0.29, 0.717) is 6.04 Å². The highest BCUT2D eigenvalue weighted by molar-refractivity contribution is 5.40. The van der Waals surface area contributed by atoms with Gasteiger partial charge in [-0.2, -0.15) is 0 Å². The monoisotopic (exact) mass is 205 g/mol. The van der Waals surface area contributed by atoms with Crippen molar-refractivity contribution in [2.24, 2.45) is 0 Å². The quantitative estimate of drug-likeness (QED) is 0.790. The maximum atomic E-state index is 9.04. The van der Waals surface area contributed by atoms with E-state index in [4.69, 9.17) is 5.11 Å². The van der Waals surface area contributed by atoms with E-state index in [0.717, 1.165) is 12.8 Å². The van der Waals surface area contributed by atoms with Crippen molar-refractivity contribution in [3.63, 3.8) is 0 Å². The van der Waals surface area contributed by atoms with Gasteiger partial charge in [0.05, 0.1) is 6.61 Å². The largest absolute Gasteiger partial charge is 0.395 e. The highest BCUT2D eigenvalue weighted by atomic mass is 16.3. The van der Waals surface area contributed by atoms with Crippen LogP contribution in [-0.4, -0.2) is 17.8 Å². The first-order valence-electron chi connectivity index (χ1n) is 5.67. The van der Waals surface area contributed by atoms with E-state index in [9.17, 15) is 0 Å². The number of aliphatic hydroxyl groups excluding tert-OH is 1. The fourth-order valence-electron chi connectivity index (χ4n) is 2.41. The van der Waals surface area contributed by atoms with E-state index >= 15 is 0 Å². The summed E-state index contributed by atoms with van der Waals surface area (Å²) in [5, 5.41) is 12.5. The van der Waals surface area contributed by atoms with Crippen molar-refractivity contribution in [1.29, 1.82) is 0 Å². The highest BCUT2D eigenvalue weighted by Gasteiger charge is 2.23. The molecule has 0 aliphatic heterocycles. The van der Waals surface area contributed by atoms with Gasteiger partial charge in [-0.05, 0) is 43.4 Å². The van der Waals surface area contributed by atoms with Crippen molar-refractivity contribution in [3.05, 3.63) is 34.9 Å². The molecule has 82 valence electrons. The number of fused-ring (bicyclic) bond motifs is 1. The molecule has 1 aromatic carbocycles. The minimum atomic E-state index is 0.182. The molecule has 2 heteroatoms. The van der Waals surface area contributed by atoms with Gasteiger partial charge in [-0.1, -0.05) is 18.2 Å². The number of hydrogen-bond donors (Lipinski definition) is 2. The van der Waals surface area contributed by atoms with Crippen LogP contribution < -0.4 is 5.32 Å². The Morgan fingerprint density at radius 3 is 3.07 bits per heavy atom. The summed E-state index contributed by atoms with van der Waals surface area (Å²) >= 11 is 0. The van der Waals surface area contributed by atoms with Crippen molar-refractivity contribution in [1.82, 2.24) is 5.32 Å². The number of benzene rings is 1. The second kappa shape index (κ2) is 4.33. The molecule has 1 aliphatic rings. The maximum absolute atomic E-state index is 9.04. The standard InChI is InChI=1S/C13H19NO/c1-9-4-3-5-12-11(9)6-7-13(12)14-10(2)8-15/h3-5,10,13-15H,6-8H2,1-2H3/t10-,13?/m0/s1. The summed E-state index contributed by atoms with van der Waals surface area (Å²) in [6.45, 7) is 4.40. The normalized spacial score (nSPS) is 21.4. The number of hydrogen-bond acceptors (Lipinski definition) is 2. The molecular formula is C13H19NO. The zero-order chi connectivity index (χ0) is 10.8. The summed E-state index contributed by atoms with van der Waals surface area (Å²) in [5.74, 6) is 0. The molecule has 0 bridgehead atoms. The van der Waals surface area contributed by atoms with Gasteiger partial charge in [-0.15, -0.1) is 0 Å². The zero-order valence-corrected chi connectivity index (χ0v) is 9.46. The Morgan fingerprint density at radius 2 is 2.33 bits per heavy atom. The number of rotatable bonds is 3. The SMILES string of the molecule is Cc1cccc2c1CCC2N[C@@H](C)CO. The van der Waals surface area contributed by atoms with Crippen molar-refractivity contribution < 1.29 is 5.11 Å². The van der Waals surface area contributed by atoms with Gasteiger partial charge in [0.15, 0.2) is 0 Å². The van der Waals surface area contributed by atoms with Gasteiger partial charge < -0.3 is 10.4 Å². The molecule has 0 heterocycles. The van der Waals surface area contributed by atoms with E-state index in [2.05, 4.69) is 30.4 Å². The Hall–Kier alpha value is -0.860. The Labute approximate surface area is 91.3 Å². The number of aryl methyl sites for hydroxylation is 1. The lowest BCUT2D eigenvalue weighted by Crippen LogP contribution is -2.32. The maximum Gasteiger partial charge on any atom is 0.0582 e. The Bertz CT molecular complexity index is 348. The molecule has 2 N–H and O–H groups in total. The third-order valence-corrected chi connectivity index (χ3v) is 3.26. The first-order valence-corrected chi connectivity index (χ1v) is 5.67. The summed E-state index contributed by atoms with van der Waals surface area (Å²) in [7, 11) is 0. The van der Waals surface area contributed by atoms with Crippen LogP contribution in [0.25, 0.3) is 0 Å².